The van der Waals surface area contributed by atoms with Gasteiger partial charge in [-0.25, -0.2) is 0 Å². The summed E-state index contributed by atoms with van der Waals surface area (Å²) in [7, 11) is 0. The number of allylic oxidation sites excluding steroid dienone is 2. The highest BCUT2D eigenvalue weighted by molar-refractivity contribution is 5.80. The molecule has 0 spiro atoms. The van der Waals surface area contributed by atoms with Crippen LogP contribution in [0, 0.1) is 0 Å². The molecule has 1 saturated heterocycles. The summed E-state index contributed by atoms with van der Waals surface area (Å²) >= 11 is 0. The third-order valence-corrected chi connectivity index (χ3v) is 19.1. The molecule has 0 aromatic rings. The largest absolute Gasteiger partial charge is 0.394 e. The molecule has 1 aliphatic heterocycles. The van der Waals surface area contributed by atoms with E-state index >= 15 is 0 Å². The first-order chi connectivity index (χ1) is 42.7. The monoisotopic (exact) mass is 1240 g/mol. The number of ether oxygens (including phenoxy) is 2. The summed E-state index contributed by atoms with van der Waals surface area (Å²) in [5, 5.41) is 76.6. The van der Waals surface area contributed by atoms with Crippen LogP contribution < -0.4 is 5.32 Å². The number of aliphatic hydroxyl groups excluding tert-OH is 7. The summed E-state index contributed by atoms with van der Waals surface area (Å²) in [6.45, 7) is 3.53. The van der Waals surface area contributed by atoms with Crippen molar-refractivity contribution in [2.75, 3.05) is 13.2 Å². The van der Waals surface area contributed by atoms with Gasteiger partial charge in [0.25, 0.3) is 0 Å². The molecule has 9 atom stereocenters. The maximum Gasteiger partial charge on any atom is 0.249 e. The van der Waals surface area contributed by atoms with E-state index < -0.39 is 74.2 Å². The number of hydrogen-bond acceptors (Lipinski definition) is 10. The molecular weight excluding hydrogens is 1090 g/mol. The predicted octanol–water partition coefficient (Wildman–Crippen LogP) is 19.4. The van der Waals surface area contributed by atoms with Crippen molar-refractivity contribution in [1.82, 2.24) is 5.32 Å². The Balaban J connectivity index is 2.11. The zero-order chi connectivity index (χ0) is 63.1. The molecule has 1 aliphatic rings. The van der Waals surface area contributed by atoms with Gasteiger partial charge in [-0.2, -0.15) is 0 Å². The fourth-order valence-electron chi connectivity index (χ4n) is 12.9. The van der Waals surface area contributed by atoms with Crippen LogP contribution in [0.25, 0.3) is 0 Å². The maximum atomic E-state index is 13.3. The van der Waals surface area contributed by atoms with Crippen LogP contribution in [0.15, 0.2) is 12.2 Å². The molecule has 1 amide bonds. The van der Waals surface area contributed by atoms with Crippen LogP contribution in [0.2, 0.25) is 0 Å². The number of carbonyl (C=O) groups excluding carboxylic acids is 1. The lowest BCUT2D eigenvalue weighted by molar-refractivity contribution is -0.303. The molecular formula is C76H149NO10. The van der Waals surface area contributed by atoms with E-state index in [9.17, 15) is 40.5 Å². The van der Waals surface area contributed by atoms with Crippen molar-refractivity contribution in [3.05, 3.63) is 12.2 Å². The molecule has 518 valence electrons. The second-order valence-corrected chi connectivity index (χ2v) is 27.4. The first-order valence-corrected chi connectivity index (χ1v) is 38.6. The van der Waals surface area contributed by atoms with Crippen molar-refractivity contribution >= 4 is 5.91 Å². The molecule has 1 fully saturated rings. The quantitative estimate of drug-likeness (QED) is 0.0215. The summed E-state index contributed by atoms with van der Waals surface area (Å²) in [4.78, 5) is 13.3. The molecule has 1 rings (SSSR count). The van der Waals surface area contributed by atoms with Gasteiger partial charge >= 0.3 is 0 Å². The van der Waals surface area contributed by atoms with Crippen molar-refractivity contribution in [1.29, 1.82) is 0 Å². The Kier molecular flexibility index (Phi) is 62.6. The van der Waals surface area contributed by atoms with Crippen LogP contribution in [0.5, 0.6) is 0 Å². The van der Waals surface area contributed by atoms with Crippen LogP contribution in [0.1, 0.15) is 399 Å². The molecule has 87 heavy (non-hydrogen) atoms. The molecule has 0 aromatic heterocycles. The van der Waals surface area contributed by atoms with E-state index in [1.165, 1.54) is 321 Å². The number of aliphatic hydroxyl groups is 7. The minimum atomic E-state index is -1.66. The molecule has 1 heterocycles. The molecule has 11 heteroatoms. The van der Waals surface area contributed by atoms with Crippen LogP contribution >= 0.6 is 0 Å². The van der Waals surface area contributed by atoms with Gasteiger partial charge < -0.3 is 50.5 Å². The first-order valence-electron chi connectivity index (χ1n) is 38.6. The second kappa shape index (κ2) is 64.9. The van der Waals surface area contributed by atoms with Gasteiger partial charge in [0.05, 0.1) is 25.4 Å². The second-order valence-electron chi connectivity index (χ2n) is 27.4. The number of nitrogens with one attached hydrogen (secondary N) is 1. The van der Waals surface area contributed by atoms with Crippen LogP contribution in [0.4, 0.5) is 0 Å². The van der Waals surface area contributed by atoms with E-state index in [1.54, 1.807) is 0 Å². The molecule has 9 unspecified atom stereocenters. The number of amides is 1. The summed E-state index contributed by atoms with van der Waals surface area (Å²) in [5.41, 5.74) is 0. The molecule has 0 aliphatic carbocycles. The molecule has 0 radical (unpaired) electrons. The normalized spacial score (nSPS) is 18.7. The summed E-state index contributed by atoms with van der Waals surface area (Å²) in [6, 6.07) is -1.17. The zero-order valence-electron chi connectivity index (χ0n) is 57.5. The minimum Gasteiger partial charge on any atom is -0.394 e. The third kappa shape index (κ3) is 52.0. The number of rotatable bonds is 69. The Morgan fingerprint density at radius 1 is 0.391 bits per heavy atom. The van der Waals surface area contributed by atoms with Gasteiger partial charge in [-0.15, -0.1) is 0 Å². The van der Waals surface area contributed by atoms with Gasteiger partial charge in [0.15, 0.2) is 6.29 Å². The van der Waals surface area contributed by atoms with Gasteiger partial charge in [-0.3, -0.25) is 4.79 Å². The van der Waals surface area contributed by atoms with Gasteiger partial charge in [0.1, 0.15) is 36.6 Å². The minimum absolute atomic E-state index is 0.265. The van der Waals surface area contributed by atoms with Crippen molar-refractivity contribution in [3.8, 4) is 0 Å². The topological polar surface area (TPSA) is 189 Å². The van der Waals surface area contributed by atoms with E-state index in [0.29, 0.717) is 19.3 Å². The smallest absolute Gasteiger partial charge is 0.249 e. The highest BCUT2D eigenvalue weighted by atomic mass is 16.7. The lowest BCUT2D eigenvalue weighted by Crippen LogP contribution is -2.60. The van der Waals surface area contributed by atoms with E-state index in [0.717, 1.165) is 38.5 Å². The van der Waals surface area contributed by atoms with E-state index in [1.807, 2.05) is 0 Å². The van der Waals surface area contributed by atoms with Crippen molar-refractivity contribution < 1.29 is 50.0 Å². The fourth-order valence-corrected chi connectivity index (χ4v) is 12.9. The Bertz CT molecular complexity index is 1420. The lowest BCUT2D eigenvalue weighted by Gasteiger charge is -2.40. The first kappa shape index (κ1) is 83.9. The van der Waals surface area contributed by atoms with Gasteiger partial charge in [0, 0.05) is 0 Å². The Morgan fingerprint density at radius 2 is 0.667 bits per heavy atom. The van der Waals surface area contributed by atoms with Gasteiger partial charge in [-0.05, 0) is 38.5 Å². The highest BCUT2D eigenvalue weighted by Crippen LogP contribution is 2.24. The van der Waals surface area contributed by atoms with E-state index in [-0.39, 0.29) is 6.42 Å². The fraction of sp³-hybridized carbons (Fsp3) is 0.961. The van der Waals surface area contributed by atoms with Gasteiger partial charge in [0.2, 0.25) is 5.91 Å². The molecule has 0 saturated carbocycles. The Morgan fingerprint density at radius 3 is 0.966 bits per heavy atom. The standard InChI is InChI=1S/C76H149NO10/c1-3-5-7-9-11-13-15-17-19-21-23-25-27-28-29-30-31-32-33-34-35-36-37-38-39-40-41-42-44-46-48-50-52-54-56-58-60-62-64-69(80)75(85)77-67(66-86-76-74(84)73(83)72(82)70(65-78)87-76)71(81)68(79)63-61-59-57-55-53-51-49-47-45-43-26-24-22-20-18-16-14-12-10-8-6-4-2/h34-35,67-74,76,78-84H,3-33,36-66H2,1-2H3,(H,77,85)/b35-34-. The molecule has 8 N–H and O–H groups in total. The molecule has 11 nitrogen and oxygen atoms in total. The van der Waals surface area contributed by atoms with Crippen molar-refractivity contribution in [2.24, 2.45) is 0 Å². The number of carbonyl (C=O) groups is 1. The number of unbranched alkanes of at least 4 members (excludes halogenated alkanes) is 55. The van der Waals surface area contributed by atoms with Crippen LogP contribution in [0.3, 0.4) is 0 Å². The maximum absolute atomic E-state index is 13.3. The Labute approximate surface area is 538 Å². The average Bonchev–Trinajstić information content (AvgIpc) is 1.96. The van der Waals surface area contributed by atoms with Gasteiger partial charge in [-0.1, -0.05) is 373 Å². The van der Waals surface area contributed by atoms with Crippen molar-refractivity contribution in [2.45, 2.75) is 454 Å². The van der Waals surface area contributed by atoms with E-state index in [2.05, 4.69) is 31.3 Å². The third-order valence-electron chi connectivity index (χ3n) is 19.1. The predicted molar refractivity (Wildman–Crippen MR) is 367 cm³/mol. The number of hydrogen-bond donors (Lipinski definition) is 8. The highest BCUT2D eigenvalue weighted by Gasteiger charge is 2.44. The van der Waals surface area contributed by atoms with Crippen LogP contribution in [-0.4, -0.2) is 110 Å². The molecule has 0 aromatic carbocycles. The SMILES string of the molecule is CCCCCCCCCCCCCCCCCCCC/C=C\CCCCCCCCCCCCCCCCCCC(O)C(=O)NC(COC1OC(CO)C(O)C(O)C1O)C(O)C(O)CCCCCCCCCCCCCCCCCCCCCCCC. The lowest BCUT2D eigenvalue weighted by atomic mass is 9.98. The summed E-state index contributed by atoms with van der Waals surface area (Å²) in [5.74, 6) is -0.688. The van der Waals surface area contributed by atoms with E-state index in [4.69, 9.17) is 9.47 Å². The summed E-state index contributed by atoms with van der Waals surface area (Å²) < 4.78 is 11.2. The average molecular weight is 1240 g/mol. The summed E-state index contributed by atoms with van der Waals surface area (Å²) in [6.07, 6.45) is 70.4. The molecule has 0 bridgehead atoms. The van der Waals surface area contributed by atoms with Crippen LogP contribution in [-0.2, 0) is 14.3 Å². The zero-order valence-corrected chi connectivity index (χ0v) is 57.5. The van der Waals surface area contributed by atoms with Crippen molar-refractivity contribution in [3.63, 3.8) is 0 Å². The Hall–Kier alpha value is -1.15.